The summed E-state index contributed by atoms with van der Waals surface area (Å²) in [6.45, 7) is 2.22. The van der Waals surface area contributed by atoms with E-state index in [1.165, 1.54) is 0 Å². The van der Waals surface area contributed by atoms with Gasteiger partial charge in [0, 0.05) is 25.3 Å². The molecule has 3 N–H and O–H groups in total. The lowest BCUT2D eigenvalue weighted by molar-refractivity contribution is 0.0112. The smallest absolute Gasteiger partial charge is 0.115 e. The number of aromatic hydroxyl groups is 1. The zero-order valence-electron chi connectivity index (χ0n) is 9.85. The third kappa shape index (κ3) is 3.19. The lowest BCUT2D eigenvalue weighted by Gasteiger charge is -2.36. The molecule has 0 aromatic heterocycles. The molecule has 1 heterocycles. The number of hydrogen-bond acceptors (Lipinski definition) is 4. The Bertz CT molecular complexity index is 344. The van der Waals surface area contributed by atoms with Gasteiger partial charge in [0.1, 0.15) is 5.75 Å². The van der Waals surface area contributed by atoms with Gasteiger partial charge in [-0.2, -0.15) is 0 Å². The minimum absolute atomic E-state index is 0.133. The maximum absolute atomic E-state index is 9.51. The van der Waals surface area contributed by atoms with Crippen LogP contribution in [0.1, 0.15) is 18.4 Å². The number of phenolic OH excluding ortho intramolecular Hbond substituents is 1. The fourth-order valence-corrected chi connectivity index (χ4v) is 2.06. The fraction of sp³-hybridized carbons (Fsp3) is 0.538. The van der Waals surface area contributed by atoms with Crippen molar-refractivity contribution in [2.45, 2.75) is 24.9 Å². The van der Waals surface area contributed by atoms with Crippen molar-refractivity contribution >= 4 is 0 Å². The summed E-state index contributed by atoms with van der Waals surface area (Å²) in [6.07, 6.45) is 1.67. The van der Waals surface area contributed by atoms with Crippen LogP contribution in [0.15, 0.2) is 24.3 Å². The number of phenols is 1. The number of benzene rings is 1. The van der Waals surface area contributed by atoms with E-state index >= 15 is 0 Å². The fourth-order valence-electron chi connectivity index (χ4n) is 2.06. The Balaban J connectivity index is 1.93. The van der Waals surface area contributed by atoms with Crippen LogP contribution in [0.5, 0.6) is 5.75 Å². The number of aliphatic hydroxyl groups excluding tert-OH is 1. The van der Waals surface area contributed by atoms with Crippen LogP contribution in [0, 0.1) is 0 Å². The molecule has 1 fully saturated rings. The van der Waals surface area contributed by atoms with Gasteiger partial charge in [0.2, 0.25) is 0 Å². The molecule has 0 unspecified atom stereocenters. The first-order valence-electron chi connectivity index (χ1n) is 5.96. The van der Waals surface area contributed by atoms with Crippen LogP contribution in [-0.4, -0.2) is 35.6 Å². The molecule has 0 amide bonds. The van der Waals surface area contributed by atoms with Crippen LogP contribution < -0.4 is 5.32 Å². The van der Waals surface area contributed by atoms with Crippen LogP contribution in [0.2, 0.25) is 0 Å². The second kappa shape index (κ2) is 5.49. The summed E-state index contributed by atoms with van der Waals surface area (Å²) in [7, 11) is 0. The van der Waals surface area contributed by atoms with Gasteiger partial charge in [0.25, 0.3) is 0 Å². The summed E-state index contributed by atoms with van der Waals surface area (Å²) >= 11 is 0. The Labute approximate surface area is 101 Å². The highest BCUT2D eigenvalue weighted by Crippen LogP contribution is 2.21. The Kier molecular flexibility index (Phi) is 3.99. The molecule has 17 heavy (non-hydrogen) atoms. The zero-order chi connectivity index (χ0) is 12.1. The summed E-state index contributed by atoms with van der Waals surface area (Å²) in [5.74, 6) is 0.275. The molecule has 1 aromatic carbocycles. The van der Waals surface area contributed by atoms with Gasteiger partial charge in [-0.1, -0.05) is 12.1 Å². The summed E-state index contributed by atoms with van der Waals surface area (Å²) in [5.41, 5.74) is 0.887. The van der Waals surface area contributed by atoms with E-state index in [9.17, 15) is 10.2 Å². The molecule has 1 aliphatic rings. The minimum Gasteiger partial charge on any atom is -0.508 e. The van der Waals surface area contributed by atoms with E-state index in [-0.39, 0.29) is 17.9 Å². The molecule has 1 aromatic rings. The Morgan fingerprint density at radius 3 is 2.41 bits per heavy atom. The molecule has 1 aliphatic heterocycles. The molecule has 0 aliphatic carbocycles. The van der Waals surface area contributed by atoms with Crippen LogP contribution in [0.25, 0.3) is 0 Å². The van der Waals surface area contributed by atoms with Gasteiger partial charge >= 0.3 is 0 Å². The first-order valence-corrected chi connectivity index (χ1v) is 5.96. The number of nitrogens with one attached hydrogen (secondary N) is 1. The zero-order valence-corrected chi connectivity index (χ0v) is 9.85. The number of ether oxygens (including phenoxy) is 1. The lowest BCUT2D eigenvalue weighted by Crippen LogP contribution is -2.51. The van der Waals surface area contributed by atoms with Crippen molar-refractivity contribution in [3.05, 3.63) is 29.8 Å². The van der Waals surface area contributed by atoms with E-state index in [1.54, 1.807) is 12.1 Å². The number of hydrogen-bond donors (Lipinski definition) is 3. The molecule has 94 valence electrons. The van der Waals surface area contributed by atoms with Gasteiger partial charge in [-0.3, -0.25) is 0 Å². The number of aliphatic hydroxyl groups is 1. The Morgan fingerprint density at radius 1 is 1.18 bits per heavy atom. The highest BCUT2D eigenvalue weighted by atomic mass is 16.5. The van der Waals surface area contributed by atoms with Crippen molar-refractivity contribution in [1.82, 2.24) is 5.32 Å². The maximum Gasteiger partial charge on any atom is 0.115 e. The van der Waals surface area contributed by atoms with Crippen molar-refractivity contribution in [2.24, 2.45) is 0 Å². The maximum atomic E-state index is 9.51. The molecule has 4 nitrogen and oxygen atoms in total. The van der Waals surface area contributed by atoms with E-state index in [2.05, 4.69) is 5.32 Å². The van der Waals surface area contributed by atoms with E-state index in [0.29, 0.717) is 19.8 Å². The molecule has 0 bridgehead atoms. The van der Waals surface area contributed by atoms with Crippen LogP contribution in [0.3, 0.4) is 0 Å². The molecular formula is C13H19NO3. The van der Waals surface area contributed by atoms with Crippen molar-refractivity contribution < 1.29 is 14.9 Å². The van der Waals surface area contributed by atoms with Gasteiger partial charge < -0.3 is 20.3 Å². The summed E-state index contributed by atoms with van der Waals surface area (Å²) < 4.78 is 5.31. The first kappa shape index (κ1) is 12.4. The molecule has 1 saturated heterocycles. The second-order valence-electron chi connectivity index (χ2n) is 4.57. The van der Waals surface area contributed by atoms with Crippen LogP contribution in [0.4, 0.5) is 0 Å². The Morgan fingerprint density at radius 2 is 1.82 bits per heavy atom. The molecule has 0 saturated carbocycles. The van der Waals surface area contributed by atoms with E-state index in [1.807, 2.05) is 12.1 Å². The monoisotopic (exact) mass is 237 g/mol. The summed E-state index contributed by atoms with van der Waals surface area (Å²) in [5, 5.41) is 22.1. The molecule has 0 atom stereocenters. The standard InChI is InChI=1S/C13H19NO3/c15-10-13(5-7-17-8-6-13)14-9-11-1-3-12(16)4-2-11/h1-4,14-16H,5-10H2. The topological polar surface area (TPSA) is 61.7 Å². The molecular weight excluding hydrogens is 218 g/mol. The second-order valence-corrected chi connectivity index (χ2v) is 4.57. The van der Waals surface area contributed by atoms with Gasteiger partial charge in [0.05, 0.1) is 6.61 Å². The van der Waals surface area contributed by atoms with Gasteiger partial charge in [-0.05, 0) is 30.5 Å². The largest absolute Gasteiger partial charge is 0.508 e. The quantitative estimate of drug-likeness (QED) is 0.732. The third-order valence-electron chi connectivity index (χ3n) is 3.36. The normalized spacial score (nSPS) is 19.1. The molecule has 0 radical (unpaired) electrons. The molecule has 4 heteroatoms. The predicted molar refractivity (Wildman–Crippen MR) is 64.8 cm³/mol. The lowest BCUT2D eigenvalue weighted by atomic mass is 9.91. The van der Waals surface area contributed by atoms with Crippen molar-refractivity contribution in [3.63, 3.8) is 0 Å². The van der Waals surface area contributed by atoms with Crippen LogP contribution >= 0.6 is 0 Å². The van der Waals surface area contributed by atoms with Gasteiger partial charge in [-0.25, -0.2) is 0 Å². The molecule has 2 rings (SSSR count). The Hall–Kier alpha value is -1.10. The number of rotatable bonds is 4. The summed E-state index contributed by atoms with van der Waals surface area (Å²) in [6, 6.07) is 7.11. The van der Waals surface area contributed by atoms with E-state index in [0.717, 1.165) is 18.4 Å². The SMILES string of the molecule is OCC1(NCc2ccc(O)cc2)CCOCC1. The van der Waals surface area contributed by atoms with Crippen LogP contribution in [-0.2, 0) is 11.3 Å². The predicted octanol–water partition coefficient (Wildman–Crippen LogP) is 1.02. The first-order chi connectivity index (χ1) is 8.24. The van der Waals surface area contributed by atoms with Crippen molar-refractivity contribution in [3.8, 4) is 5.75 Å². The van der Waals surface area contributed by atoms with Gasteiger partial charge in [0.15, 0.2) is 0 Å². The highest BCUT2D eigenvalue weighted by Gasteiger charge is 2.31. The average molecular weight is 237 g/mol. The van der Waals surface area contributed by atoms with Crippen molar-refractivity contribution in [2.75, 3.05) is 19.8 Å². The minimum atomic E-state index is -0.212. The van der Waals surface area contributed by atoms with Crippen molar-refractivity contribution in [1.29, 1.82) is 0 Å². The third-order valence-corrected chi connectivity index (χ3v) is 3.36. The average Bonchev–Trinajstić information content (AvgIpc) is 2.39. The van der Waals surface area contributed by atoms with E-state index in [4.69, 9.17) is 4.74 Å². The van der Waals surface area contributed by atoms with Gasteiger partial charge in [-0.15, -0.1) is 0 Å². The highest BCUT2D eigenvalue weighted by molar-refractivity contribution is 5.25. The molecule has 0 spiro atoms. The summed E-state index contributed by atoms with van der Waals surface area (Å²) in [4.78, 5) is 0. The van der Waals surface area contributed by atoms with E-state index < -0.39 is 0 Å².